The molecular weight excluding hydrogens is 212 g/mol. The van der Waals surface area contributed by atoms with Crippen LogP contribution >= 0.6 is 0 Å². The molecule has 0 aromatic heterocycles. The van der Waals surface area contributed by atoms with Crippen molar-refractivity contribution in [2.24, 2.45) is 11.3 Å². The highest BCUT2D eigenvalue weighted by Crippen LogP contribution is 2.44. The van der Waals surface area contributed by atoms with Crippen molar-refractivity contribution < 1.29 is 9.84 Å². The van der Waals surface area contributed by atoms with Gasteiger partial charge in [0, 0.05) is 7.11 Å². The minimum atomic E-state index is -0.300. The van der Waals surface area contributed by atoms with Crippen molar-refractivity contribution in [2.45, 2.75) is 77.9 Å². The minimum absolute atomic E-state index is 0.273. The minimum Gasteiger partial charge on any atom is -0.390 e. The van der Waals surface area contributed by atoms with E-state index in [0.29, 0.717) is 11.3 Å². The van der Waals surface area contributed by atoms with Gasteiger partial charge in [-0.15, -0.1) is 0 Å². The number of ether oxygens (including phenoxy) is 1. The molecule has 0 amide bonds. The quantitative estimate of drug-likeness (QED) is 0.795. The lowest BCUT2D eigenvalue weighted by atomic mass is 9.68. The predicted octanol–water partition coefficient (Wildman–Crippen LogP) is 3.77. The summed E-state index contributed by atoms with van der Waals surface area (Å²) in [7, 11) is 1.76. The molecule has 1 rings (SSSR count). The number of aliphatic hydroxyl groups is 1. The summed E-state index contributed by atoms with van der Waals surface area (Å²) in [6.07, 6.45) is 5.94. The van der Waals surface area contributed by atoms with Gasteiger partial charge in [-0.25, -0.2) is 0 Å². The summed E-state index contributed by atoms with van der Waals surface area (Å²) in [5.41, 5.74) is 0.143. The second-order valence-electron chi connectivity index (χ2n) is 6.92. The van der Waals surface area contributed by atoms with Gasteiger partial charge < -0.3 is 9.84 Å². The molecule has 1 aliphatic carbocycles. The van der Waals surface area contributed by atoms with Gasteiger partial charge in [-0.2, -0.15) is 0 Å². The van der Waals surface area contributed by atoms with Crippen molar-refractivity contribution in [2.75, 3.05) is 7.11 Å². The molecule has 102 valence electrons. The Bertz CT molecular complexity index is 223. The molecule has 1 fully saturated rings. The van der Waals surface area contributed by atoms with Crippen molar-refractivity contribution in [3.05, 3.63) is 0 Å². The Morgan fingerprint density at radius 1 is 1.06 bits per heavy atom. The first kappa shape index (κ1) is 15.0. The zero-order chi connectivity index (χ0) is 13.1. The van der Waals surface area contributed by atoms with Crippen molar-refractivity contribution in [3.63, 3.8) is 0 Å². The lowest BCUT2D eigenvalue weighted by Crippen LogP contribution is -2.48. The summed E-state index contributed by atoms with van der Waals surface area (Å²) in [6.45, 7) is 9.03. The average molecular weight is 242 g/mol. The monoisotopic (exact) mass is 242 g/mol. The number of aliphatic hydroxyl groups excluding tert-OH is 1. The highest BCUT2D eigenvalue weighted by molar-refractivity contribution is 4.95. The van der Waals surface area contributed by atoms with Gasteiger partial charge in [0.2, 0.25) is 0 Å². The van der Waals surface area contributed by atoms with E-state index in [2.05, 4.69) is 27.7 Å². The van der Waals surface area contributed by atoms with Gasteiger partial charge in [0.25, 0.3) is 0 Å². The van der Waals surface area contributed by atoms with Crippen LogP contribution in [0.2, 0.25) is 0 Å². The molecule has 0 aromatic carbocycles. The highest BCUT2D eigenvalue weighted by Gasteiger charge is 2.43. The van der Waals surface area contributed by atoms with Crippen LogP contribution in [0, 0.1) is 11.3 Å². The van der Waals surface area contributed by atoms with Crippen LogP contribution in [0.1, 0.15) is 66.2 Å². The van der Waals surface area contributed by atoms with E-state index in [9.17, 15) is 5.11 Å². The Hall–Kier alpha value is -0.0800. The van der Waals surface area contributed by atoms with E-state index in [1.807, 2.05) is 0 Å². The molecule has 0 aliphatic heterocycles. The molecule has 1 N–H and O–H groups in total. The second-order valence-corrected chi connectivity index (χ2v) is 6.92. The summed E-state index contributed by atoms with van der Waals surface area (Å²) in [6, 6.07) is 0. The van der Waals surface area contributed by atoms with E-state index < -0.39 is 0 Å². The molecule has 2 heteroatoms. The van der Waals surface area contributed by atoms with E-state index in [-0.39, 0.29) is 11.7 Å². The molecular formula is C15H30O2. The number of hydrogen-bond donors (Lipinski definition) is 1. The molecule has 1 unspecified atom stereocenters. The smallest absolute Gasteiger partial charge is 0.0936 e. The van der Waals surface area contributed by atoms with Crippen LogP contribution in [0.15, 0.2) is 0 Å². The maximum atomic E-state index is 10.4. The van der Waals surface area contributed by atoms with Crippen LogP contribution in [-0.4, -0.2) is 23.9 Å². The fourth-order valence-electron chi connectivity index (χ4n) is 2.78. The Kier molecular flexibility index (Phi) is 5.03. The summed E-state index contributed by atoms with van der Waals surface area (Å²) in [5, 5.41) is 10.4. The summed E-state index contributed by atoms with van der Waals surface area (Å²) in [4.78, 5) is 0. The molecule has 0 radical (unpaired) electrons. The van der Waals surface area contributed by atoms with E-state index in [0.717, 1.165) is 38.5 Å². The third-order valence-electron chi connectivity index (χ3n) is 4.48. The average Bonchev–Trinajstić information content (AvgIpc) is 2.26. The lowest BCUT2D eigenvalue weighted by Gasteiger charge is -2.45. The summed E-state index contributed by atoms with van der Waals surface area (Å²) >= 11 is 0. The SMILES string of the molecule is COC1(C(O)CCC(C)C)CCC(C)(C)CC1. The van der Waals surface area contributed by atoms with Crippen LogP contribution in [0.25, 0.3) is 0 Å². The van der Waals surface area contributed by atoms with E-state index in [1.54, 1.807) is 7.11 Å². The maximum absolute atomic E-state index is 10.4. The van der Waals surface area contributed by atoms with Crippen molar-refractivity contribution in [1.29, 1.82) is 0 Å². The molecule has 1 atom stereocenters. The molecule has 17 heavy (non-hydrogen) atoms. The summed E-state index contributed by atoms with van der Waals surface area (Å²) in [5.74, 6) is 0.651. The van der Waals surface area contributed by atoms with E-state index in [4.69, 9.17) is 4.74 Å². The Morgan fingerprint density at radius 2 is 1.59 bits per heavy atom. The lowest BCUT2D eigenvalue weighted by molar-refractivity contribution is -0.138. The molecule has 0 aromatic rings. The fraction of sp³-hybridized carbons (Fsp3) is 1.00. The number of hydrogen-bond acceptors (Lipinski definition) is 2. The normalized spacial score (nSPS) is 24.9. The third kappa shape index (κ3) is 3.96. The Labute approximate surface area is 107 Å². The van der Waals surface area contributed by atoms with Crippen molar-refractivity contribution in [1.82, 2.24) is 0 Å². The van der Waals surface area contributed by atoms with E-state index >= 15 is 0 Å². The zero-order valence-corrected chi connectivity index (χ0v) is 12.3. The van der Waals surface area contributed by atoms with Crippen LogP contribution < -0.4 is 0 Å². The number of rotatable bonds is 5. The van der Waals surface area contributed by atoms with E-state index in [1.165, 1.54) is 0 Å². The largest absolute Gasteiger partial charge is 0.390 e. The zero-order valence-electron chi connectivity index (χ0n) is 12.3. The number of methoxy groups -OCH3 is 1. The molecule has 1 saturated carbocycles. The fourth-order valence-corrected chi connectivity index (χ4v) is 2.78. The third-order valence-corrected chi connectivity index (χ3v) is 4.48. The molecule has 2 nitrogen and oxygen atoms in total. The first-order valence-electron chi connectivity index (χ1n) is 7.04. The van der Waals surface area contributed by atoms with Gasteiger partial charge in [-0.05, 0) is 49.9 Å². The predicted molar refractivity (Wildman–Crippen MR) is 72.1 cm³/mol. The highest BCUT2D eigenvalue weighted by atomic mass is 16.5. The molecule has 1 aliphatic rings. The van der Waals surface area contributed by atoms with Gasteiger partial charge >= 0.3 is 0 Å². The van der Waals surface area contributed by atoms with Gasteiger partial charge in [0.1, 0.15) is 0 Å². The standard InChI is InChI=1S/C15H30O2/c1-12(2)6-7-13(16)15(17-5)10-8-14(3,4)9-11-15/h12-13,16H,6-11H2,1-5H3. The van der Waals surface area contributed by atoms with Crippen molar-refractivity contribution >= 4 is 0 Å². The van der Waals surface area contributed by atoms with Crippen LogP contribution in [0.4, 0.5) is 0 Å². The molecule has 0 bridgehead atoms. The molecule has 0 spiro atoms. The van der Waals surface area contributed by atoms with Gasteiger partial charge in [-0.1, -0.05) is 27.7 Å². The summed E-state index contributed by atoms with van der Waals surface area (Å²) < 4.78 is 5.72. The van der Waals surface area contributed by atoms with Crippen molar-refractivity contribution in [3.8, 4) is 0 Å². The van der Waals surface area contributed by atoms with Crippen LogP contribution in [0.5, 0.6) is 0 Å². The first-order valence-corrected chi connectivity index (χ1v) is 7.04. The van der Waals surface area contributed by atoms with Gasteiger partial charge in [0.15, 0.2) is 0 Å². The van der Waals surface area contributed by atoms with Crippen LogP contribution in [0.3, 0.4) is 0 Å². The van der Waals surface area contributed by atoms with Crippen LogP contribution in [-0.2, 0) is 4.74 Å². The second kappa shape index (κ2) is 5.71. The van der Waals surface area contributed by atoms with Gasteiger partial charge in [-0.3, -0.25) is 0 Å². The van der Waals surface area contributed by atoms with Gasteiger partial charge in [0.05, 0.1) is 11.7 Å². The Morgan fingerprint density at radius 3 is 2.00 bits per heavy atom. The first-order chi connectivity index (χ1) is 7.81. The molecule has 0 saturated heterocycles. The Balaban J connectivity index is 2.57. The maximum Gasteiger partial charge on any atom is 0.0936 e. The topological polar surface area (TPSA) is 29.5 Å². The molecule has 0 heterocycles.